The Morgan fingerprint density at radius 2 is 1.45 bits per heavy atom. The lowest BCUT2D eigenvalue weighted by Gasteiger charge is -2.34. The van der Waals surface area contributed by atoms with Gasteiger partial charge >= 0.3 is 0 Å². The molecule has 0 spiro atoms. The van der Waals surface area contributed by atoms with E-state index in [0.29, 0.717) is 17.6 Å². The van der Waals surface area contributed by atoms with Crippen LogP contribution < -0.4 is 5.32 Å². The van der Waals surface area contributed by atoms with Crippen LogP contribution in [0.25, 0.3) is 0 Å². The molecular weight excluding hydrogens is 270 g/mol. The molecule has 1 aromatic rings. The van der Waals surface area contributed by atoms with Crippen molar-refractivity contribution >= 4 is 11.5 Å². The van der Waals surface area contributed by atoms with Crippen LogP contribution in [0.5, 0.6) is 0 Å². The highest BCUT2D eigenvalue weighted by Gasteiger charge is 2.34. The first-order valence-electron chi connectivity index (χ1n) is 9.20. The Balaban J connectivity index is 1.73. The van der Waals surface area contributed by atoms with Gasteiger partial charge in [-0.2, -0.15) is 0 Å². The van der Waals surface area contributed by atoms with Gasteiger partial charge in [-0.05, 0) is 43.7 Å². The molecule has 0 bridgehead atoms. The molecular formula is C20H29NO. The van der Waals surface area contributed by atoms with Crippen LogP contribution in [0.1, 0.15) is 64.2 Å². The minimum Gasteiger partial charge on any atom is -0.375 e. The zero-order valence-electron chi connectivity index (χ0n) is 13.6. The fourth-order valence-corrected chi connectivity index (χ4v) is 4.24. The quantitative estimate of drug-likeness (QED) is 0.810. The molecule has 1 atom stereocenters. The van der Waals surface area contributed by atoms with E-state index in [0.717, 1.165) is 18.5 Å². The predicted molar refractivity (Wildman–Crippen MR) is 92.0 cm³/mol. The molecule has 1 N–H and O–H groups in total. The Bertz CT molecular complexity index is 458. The zero-order chi connectivity index (χ0) is 15.2. The molecule has 0 aliphatic heterocycles. The fourth-order valence-electron chi connectivity index (χ4n) is 4.24. The van der Waals surface area contributed by atoms with Crippen LogP contribution in [0.2, 0.25) is 0 Å². The molecule has 0 saturated heterocycles. The average Bonchev–Trinajstić information content (AvgIpc) is 2.61. The number of carbonyl (C=O) groups excluding carboxylic acids is 1. The van der Waals surface area contributed by atoms with Crippen molar-refractivity contribution in [2.45, 2.75) is 70.3 Å². The average molecular weight is 299 g/mol. The third-order valence-electron chi connectivity index (χ3n) is 5.53. The van der Waals surface area contributed by atoms with Gasteiger partial charge in [0, 0.05) is 11.6 Å². The summed E-state index contributed by atoms with van der Waals surface area (Å²) in [6.45, 7) is 0. The second-order valence-corrected chi connectivity index (χ2v) is 7.12. The number of Topliss-reactive ketones (excluding diaryl/α,β-unsaturated/α-hetero) is 1. The maximum atomic E-state index is 13.1. The number of hydrogen-bond donors (Lipinski definition) is 1. The second-order valence-electron chi connectivity index (χ2n) is 7.12. The summed E-state index contributed by atoms with van der Waals surface area (Å²) in [6.07, 6.45) is 12.3. The molecule has 0 amide bonds. The Morgan fingerprint density at radius 1 is 0.864 bits per heavy atom. The van der Waals surface area contributed by atoms with Crippen molar-refractivity contribution in [3.8, 4) is 0 Å². The van der Waals surface area contributed by atoms with Crippen molar-refractivity contribution in [1.82, 2.24) is 0 Å². The highest BCUT2D eigenvalue weighted by molar-refractivity contribution is 5.89. The van der Waals surface area contributed by atoms with E-state index in [4.69, 9.17) is 0 Å². The molecule has 2 heteroatoms. The molecule has 0 heterocycles. The van der Waals surface area contributed by atoms with Crippen LogP contribution in [0.3, 0.4) is 0 Å². The molecule has 1 unspecified atom stereocenters. The Hall–Kier alpha value is -1.31. The summed E-state index contributed by atoms with van der Waals surface area (Å²) in [7, 11) is 0. The van der Waals surface area contributed by atoms with Gasteiger partial charge in [-0.25, -0.2) is 0 Å². The number of rotatable bonds is 5. The van der Waals surface area contributed by atoms with E-state index in [-0.39, 0.29) is 6.04 Å². The standard InChI is InChI=1S/C20H29NO/c22-20(17-12-6-2-7-13-17)19(16-10-4-1-5-11-16)21-18-14-8-3-9-15-18/h3,8-9,14-17,19,21H,1-2,4-7,10-13H2. The van der Waals surface area contributed by atoms with Crippen LogP contribution >= 0.6 is 0 Å². The highest BCUT2D eigenvalue weighted by Crippen LogP contribution is 2.33. The van der Waals surface area contributed by atoms with Gasteiger partial charge in [0.05, 0.1) is 6.04 Å². The molecule has 1 aromatic carbocycles. The number of anilines is 1. The largest absolute Gasteiger partial charge is 0.375 e. The van der Waals surface area contributed by atoms with Crippen LogP contribution in [0.15, 0.2) is 30.3 Å². The predicted octanol–water partition coefficient (Wildman–Crippen LogP) is 5.20. The van der Waals surface area contributed by atoms with E-state index in [1.54, 1.807) is 0 Å². The maximum absolute atomic E-state index is 13.1. The Labute approximate surface area is 134 Å². The molecule has 0 aromatic heterocycles. The van der Waals surface area contributed by atoms with Crippen molar-refractivity contribution in [2.75, 3.05) is 5.32 Å². The smallest absolute Gasteiger partial charge is 0.158 e. The van der Waals surface area contributed by atoms with Crippen molar-refractivity contribution < 1.29 is 4.79 Å². The summed E-state index contributed by atoms with van der Waals surface area (Å²) in [4.78, 5) is 13.1. The SMILES string of the molecule is O=C(C1CCCCC1)C(Nc1ccccc1)C1CCCCC1. The molecule has 2 fully saturated rings. The van der Waals surface area contributed by atoms with Gasteiger partial charge in [-0.3, -0.25) is 4.79 Å². The first kappa shape index (κ1) is 15.6. The van der Waals surface area contributed by atoms with Crippen LogP contribution in [-0.2, 0) is 4.79 Å². The number of hydrogen-bond acceptors (Lipinski definition) is 2. The fraction of sp³-hybridized carbons (Fsp3) is 0.650. The van der Waals surface area contributed by atoms with Gasteiger partial charge in [0.1, 0.15) is 0 Å². The molecule has 2 aliphatic rings. The van der Waals surface area contributed by atoms with E-state index < -0.39 is 0 Å². The lowest BCUT2D eigenvalue weighted by molar-refractivity contribution is -0.125. The van der Waals surface area contributed by atoms with Crippen LogP contribution in [-0.4, -0.2) is 11.8 Å². The van der Waals surface area contributed by atoms with Gasteiger partial charge in [-0.1, -0.05) is 56.7 Å². The van der Waals surface area contributed by atoms with Crippen molar-refractivity contribution in [3.05, 3.63) is 30.3 Å². The minimum atomic E-state index is 0.0331. The molecule has 2 nitrogen and oxygen atoms in total. The van der Waals surface area contributed by atoms with Crippen molar-refractivity contribution in [2.24, 2.45) is 11.8 Å². The summed E-state index contributed by atoms with van der Waals surface area (Å²) in [5, 5.41) is 3.60. The maximum Gasteiger partial charge on any atom is 0.158 e. The summed E-state index contributed by atoms with van der Waals surface area (Å²) >= 11 is 0. The second kappa shape index (κ2) is 7.80. The summed E-state index contributed by atoms with van der Waals surface area (Å²) in [5.74, 6) is 1.33. The van der Waals surface area contributed by atoms with E-state index >= 15 is 0 Å². The van der Waals surface area contributed by atoms with Gasteiger partial charge in [0.25, 0.3) is 0 Å². The topological polar surface area (TPSA) is 29.1 Å². The number of benzene rings is 1. The number of carbonyl (C=O) groups is 1. The number of para-hydroxylation sites is 1. The van der Waals surface area contributed by atoms with Gasteiger partial charge in [0.15, 0.2) is 5.78 Å². The van der Waals surface area contributed by atoms with E-state index in [1.807, 2.05) is 18.2 Å². The van der Waals surface area contributed by atoms with E-state index in [9.17, 15) is 4.79 Å². The van der Waals surface area contributed by atoms with Gasteiger partial charge in [-0.15, -0.1) is 0 Å². The van der Waals surface area contributed by atoms with E-state index in [1.165, 1.54) is 51.4 Å². The molecule has 22 heavy (non-hydrogen) atoms. The molecule has 3 rings (SSSR count). The van der Waals surface area contributed by atoms with Gasteiger partial charge in [0.2, 0.25) is 0 Å². The molecule has 120 valence electrons. The van der Waals surface area contributed by atoms with Gasteiger partial charge < -0.3 is 5.32 Å². The van der Waals surface area contributed by atoms with E-state index in [2.05, 4.69) is 17.4 Å². The Morgan fingerprint density at radius 3 is 2.09 bits per heavy atom. The summed E-state index contributed by atoms with van der Waals surface area (Å²) in [6, 6.07) is 10.3. The van der Waals surface area contributed by atoms with Crippen molar-refractivity contribution in [1.29, 1.82) is 0 Å². The third-order valence-corrected chi connectivity index (χ3v) is 5.53. The highest BCUT2D eigenvalue weighted by atomic mass is 16.1. The molecule has 0 radical (unpaired) electrons. The van der Waals surface area contributed by atoms with Crippen LogP contribution in [0, 0.1) is 11.8 Å². The summed E-state index contributed by atoms with van der Waals surface area (Å²) < 4.78 is 0. The van der Waals surface area contributed by atoms with Crippen LogP contribution in [0.4, 0.5) is 5.69 Å². The lowest BCUT2D eigenvalue weighted by Crippen LogP contribution is -2.42. The van der Waals surface area contributed by atoms with Crippen molar-refractivity contribution in [3.63, 3.8) is 0 Å². The summed E-state index contributed by atoms with van der Waals surface area (Å²) in [5.41, 5.74) is 1.10. The number of nitrogens with one attached hydrogen (secondary N) is 1. The zero-order valence-corrected chi connectivity index (χ0v) is 13.6. The first-order valence-corrected chi connectivity index (χ1v) is 9.20. The monoisotopic (exact) mass is 299 g/mol. The Kier molecular flexibility index (Phi) is 5.53. The normalized spacial score (nSPS) is 22.2. The third kappa shape index (κ3) is 3.91. The molecule has 2 saturated carbocycles. The minimum absolute atomic E-state index is 0.0331. The number of ketones is 1. The molecule has 2 aliphatic carbocycles. The lowest BCUT2D eigenvalue weighted by atomic mass is 9.76. The first-order chi connectivity index (χ1) is 10.8.